The lowest BCUT2D eigenvalue weighted by atomic mass is 9.94. The number of rotatable bonds is 3. The van der Waals surface area contributed by atoms with Gasteiger partial charge in [0.05, 0.1) is 0 Å². The molecule has 2 aliphatic rings. The molecule has 0 aromatic carbocycles. The van der Waals surface area contributed by atoms with E-state index in [0.717, 1.165) is 12.5 Å². The van der Waals surface area contributed by atoms with Crippen molar-refractivity contribution in [2.45, 2.75) is 25.3 Å². The van der Waals surface area contributed by atoms with Gasteiger partial charge >= 0.3 is 0 Å². The van der Waals surface area contributed by atoms with Crippen molar-refractivity contribution in [3.8, 4) is 0 Å². The van der Waals surface area contributed by atoms with Crippen LogP contribution in [0.1, 0.15) is 19.3 Å². The fourth-order valence-electron chi connectivity index (χ4n) is 2.76. The van der Waals surface area contributed by atoms with E-state index in [-0.39, 0.29) is 0 Å². The second-order valence-corrected chi connectivity index (χ2v) is 4.94. The number of hydrogen-bond acceptors (Lipinski definition) is 3. The highest BCUT2D eigenvalue weighted by molar-refractivity contribution is 4.86. The standard InChI is InChI=1S/C11H23N3/c1-13-5-2-3-10(8-13)9-14-6-4-11(14)7-12/h10-11H,2-9,12H2,1H3. The Balaban J connectivity index is 1.74. The molecule has 0 aliphatic carbocycles. The average molecular weight is 197 g/mol. The summed E-state index contributed by atoms with van der Waals surface area (Å²) in [5.74, 6) is 0.892. The fraction of sp³-hybridized carbons (Fsp3) is 1.00. The van der Waals surface area contributed by atoms with Crippen LogP contribution in [0, 0.1) is 5.92 Å². The van der Waals surface area contributed by atoms with Gasteiger partial charge in [0.15, 0.2) is 0 Å². The van der Waals surface area contributed by atoms with Crippen molar-refractivity contribution in [2.24, 2.45) is 11.7 Å². The third-order valence-electron chi connectivity index (χ3n) is 3.75. The second kappa shape index (κ2) is 4.60. The van der Waals surface area contributed by atoms with E-state index < -0.39 is 0 Å². The Labute approximate surface area is 87.2 Å². The van der Waals surface area contributed by atoms with Gasteiger partial charge in [-0.15, -0.1) is 0 Å². The minimum Gasteiger partial charge on any atom is -0.329 e. The lowest BCUT2D eigenvalue weighted by molar-refractivity contribution is 0.0575. The monoisotopic (exact) mass is 197 g/mol. The van der Waals surface area contributed by atoms with E-state index >= 15 is 0 Å². The second-order valence-electron chi connectivity index (χ2n) is 4.94. The number of hydrogen-bond donors (Lipinski definition) is 1. The van der Waals surface area contributed by atoms with E-state index in [2.05, 4.69) is 16.8 Å². The summed E-state index contributed by atoms with van der Waals surface area (Å²) in [5.41, 5.74) is 5.70. The zero-order valence-electron chi connectivity index (χ0n) is 9.28. The van der Waals surface area contributed by atoms with E-state index in [9.17, 15) is 0 Å². The summed E-state index contributed by atoms with van der Waals surface area (Å²) in [5, 5.41) is 0. The summed E-state index contributed by atoms with van der Waals surface area (Å²) in [6.45, 7) is 5.99. The summed E-state index contributed by atoms with van der Waals surface area (Å²) < 4.78 is 0. The van der Waals surface area contributed by atoms with Gasteiger partial charge in [0, 0.05) is 32.2 Å². The van der Waals surface area contributed by atoms with Crippen LogP contribution in [0.4, 0.5) is 0 Å². The van der Waals surface area contributed by atoms with Gasteiger partial charge in [0.1, 0.15) is 0 Å². The summed E-state index contributed by atoms with van der Waals surface area (Å²) in [4.78, 5) is 5.04. The Morgan fingerprint density at radius 1 is 1.29 bits per heavy atom. The summed E-state index contributed by atoms with van der Waals surface area (Å²) in [6, 6.07) is 0.697. The van der Waals surface area contributed by atoms with Crippen molar-refractivity contribution in [3.05, 3.63) is 0 Å². The molecule has 2 atom stereocenters. The maximum atomic E-state index is 5.70. The van der Waals surface area contributed by atoms with Crippen molar-refractivity contribution in [2.75, 3.05) is 39.8 Å². The largest absolute Gasteiger partial charge is 0.329 e. The molecule has 2 N–H and O–H groups in total. The highest BCUT2D eigenvalue weighted by Gasteiger charge is 2.29. The first-order valence-electron chi connectivity index (χ1n) is 5.92. The molecule has 2 unspecified atom stereocenters. The van der Waals surface area contributed by atoms with Crippen LogP contribution < -0.4 is 5.73 Å². The normalized spacial score (nSPS) is 35.6. The summed E-state index contributed by atoms with van der Waals surface area (Å²) in [6.07, 6.45) is 4.11. The number of nitrogens with zero attached hydrogens (tertiary/aromatic N) is 2. The topological polar surface area (TPSA) is 32.5 Å². The molecule has 2 fully saturated rings. The Bertz CT molecular complexity index is 181. The number of piperidine rings is 1. The zero-order valence-corrected chi connectivity index (χ0v) is 9.28. The third kappa shape index (κ3) is 2.27. The predicted molar refractivity (Wildman–Crippen MR) is 59.3 cm³/mol. The average Bonchev–Trinajstić information content (AvgIpc) is 2.14. The first-order valence-corrected chi connectivity index (χ1v) is 5.92. The molecule has 3 nitrogen and oxygen atoms in total. The van der Waals surface area contributed by atoms with Crippen molar-refractivity contribution >= 4 is 0 Å². The quantitative estimate of drug-likeness (QED) is 0.709. The van der Waals surface area contributed by atoms with Gasteiger partial charge in [-0.05, 0) is 38.8 Å². The van der Waals surface area contributed by atoms with E-state index in [0.29, 0.717) is 6.04 Å². The van der Waals surface area contributed by atoms with Crippen LogP contribution in [0.5, 0.6) is 0 Å². The Kier molecular flexibility index (Phi) is 3.42. The van der Waals surface area contributed by atoms with Crippen LogP contribution >= 0.6 is 0 Å². The van der Waals surface area contributed by atoms with Gasteiger partial charge in [0.25, 0.3) is 0 Å². The van der Waals surface area contributed by atoms with Crippen molar-refractivity contribution in [1.82, 2.24) is 9.80 Å². The predicted octanol–water partition coefficient (Wildman–Crippen LogP) is 0.361. The molecular weight excluding hydrogens is 174 g/mol. The molecule has 2 rings (SSSR count). The van der Waals surface area contributed by atoms with Crippen molar-refractivity contribution in [1.29, 1.82) is 0 Å². The van der Waals surface area contributed by atoms with Crippen molar-refractivity contribution < 1.29 is 0 Å². The minimum atomic E-state index is 0.697. The van der Waals surface area contributed by atoms with E-state index in [4.69, 9.17) is 5.73 Å². The molecule has 0 bridgehead atoms. The molecule has 2 saturated heterocycles. The van der Waals surface area contributed by atoms with Crippen LogP contribution in [0.15, 0.2) is 0 Å². The molecule has 0 spiro atoms. The van der Waals surface area contributed by atoms with Crippen LogP contribution in [0.25, 0.3) is 0 Å². The molecule has 82 valence electrons. The molecule has 0 aromatic rings. The maximum Gasteiger partial charge on any atom is 0.0230 e. The van der Waals surface area contributed by atoms with Crippen LogP contribution in [0.3, 0.4) is 0 Å². The summed E-state index contributed by atoms with van der Waals surface area (Å²) in [7, 11) is 2.24. The van der Waals surface area contributed by atoms with Gasteiger partial charge in [-0.3, -0.25) is 4.90 Å². The Morgan fingerprint density at radius 3 is 2.71 bits per heavy atom. The summed E-state index contributed by atoms with van der Waals surface area (Å²) >= 11 is 0. The zero-order chi connectivity index (χ0) is 9.97. The minimum absolute atomic E-state index is 0.697. The highest BCUT2D eigenvalue weighted by Crippen LogP contribution is 2.22. The van der Waals surface area contributed by atoms with Crippen LogP contribution in [-0.4, -0.2) is 55.6 Å². The maximum absolute atomic E-state index is 5.70. The molecule has 2 aliphatic heterocycles. The van der Waals surface area contributed by atoms with Gasteiger partial charge in [-0.1, -0.05) is 0 Å². The molecule has 14 heavy (non-hydrogen) atoms. The van der Waals surface area contributed by atoms with Gasteiger partial charge in [0.2, 0.25) is 0 Å². The molecule has 0 saturated carbocycles. The SMILES string of the molecule is CN1CCCC(CN2CCC2CN)C1. The number of likely N-dealkylation sites (tertiary alicyclic amines) is 2. The third-order valence-corrected chi connectivity index (χ3v) is 3.75. The molecular formula is C11H23N3. The van der Waals surface area contributed by atoms with E-state index in [1.165, 1.54) is 45.4 Å². The van der Waals surface area contributed by atoms with Gasteiger partial charge in [-0.2, -0.15) is 0 Å². The molecule has 0 amide bonds. The highest BCUT2D eigenvalue weighted by atomic mass is 15.2. The molecule has 2 heterocycles. The molecule has 0 radical (unpaired) electrons. The Morgan fingerprint density at radius 2 is 2.14 bits per heavy atom. The first-order chi connectivity index (χ1) is 6.79. The van der Waals surface area contributed by atoms with Gasteiger partial charge in [-0.25, -0.2) is 0 Å². The Hall–Kier alpha value is -0.120. The van der Waals surface area contributed by atoms with Crippen molar-refractivity contribution in [3.63, 3.8) is 0 Å². The lowest BCUT2D eigenvalue weighted by Gasteiger charge is -2.43. The number of nitrogens with two attached hydrogens (primary N) is 1. The van der Waals surface area contributed by atoms with Crippen LogP contribution in [0.2, 0.25) is 0 Å². The molecule has 3 heteroatoms. The van der Waals surface area contributed by atoms with E-state index in [1.807, 2.05) is 0 Å². The lowest BCUT2D eigenvalue weighted by Crippen LogP contribution is -2.54. The van der Waals surface area contributed by atoms with Gasteiger partial charge < -0.3 is 10.6 Å². The fourth-order valence-corrected chi connectivity index (χ4v) is 2.76. The molecule has 0 aromatic heterocycles. The van der Waals surface area contributed by atoms with E-state index in [1.54, 1.807) is 0 Å². The first kappa shape index (κ1) is 10.4. The van der Waals surface area contributed by atoms with Crippen LogP contribution in [-0.2, 0) is 0 Å². The smallest absolute Gasteiger partial charge is 0.0230 e.